The van der Waals surface area contributed by atoms with Crippen LogP contribution in [0.25, 0.3) is 0 Å². The molecule has 23 heavy (non-hydrogen) atoms. The predicted molar refractivity (Wildman–Crippen MR) is 95.0 cm³/mol. The standard InChI is InChI=1S/C18H29N3OS/c1-12-3-4-15(9-12)11-20-18(22)17-13(2)21-16(23-17)10-14-5-7-19-8-6-14/h12,14-15,19H,3-11H2,1-2H3,(H,20,22). The molecule has 2 N–H and O–H groups in total. The van der Waals surface area contributed by atoms with Crippen molar-refractivity contribution in [1.82, 2.24) is 15.6 Å². The second-order valence-corrected chi connectivity index (χ2v) is 8.50. The Morgan fingerprint density at radius 1 is 1.26 bits per heavy atom. The summed E-state index contributed by atoms with van der Waals surface area (Å²) < 4.78 is 0. The first-order valence-electron chi connectivity index (χ1n) is 9.07. The van der Waals surface area contributed by atoms with Crippen molar-refractivity contribution >= 4 is 17.2 Å². The molecule has 2 heterocycles. The van der Waals surface area contributed by atoms with E-state index in [1.54, 1.807) is 11.3 Å². The molecule has 1 aliphatic carbocycles. The number of rotatable bonds is 5. The number of aryl methyl sites for hydroxylation is 1. The minimum absolute atomic E-state index is 0.0797. The zero-order valence-electron chi connectivity index (χ0n) is 14.4. The summed E-state index contributed by atoms with van der Waals surface area (Å²) in [5.41, 5.74) is 0.899. The van der Waals surface area contributed by atoms with E-state index >= 15 is 0 Å². The monoisotopic (exact) mass is 335 g/mol. The molecule has 1 saturated carbocycles. The summed E-state index contributed by atoms with van der Waals surface area (Å²) in [5.74, 6) is 2.28. The maximum absolute atomic E-state index is 12.5. The Morgan fingerprint density at radius 3 is 2.74 bits per heavy atom. The first-order chi connectivity index (χ1) is 11.1. The first kappa shape index (κ1) is 16.9. The third kappa shape index (κ3) is 4.54. The van der Waals surface area contributed by atoms with Gasteiger partial charge in [-0.25, -0.2) is 4.98 Å². The Bertz CT molecular complexity index is 536. The molecule has 1 aromatic heterocycles. The summed E-state index contributed by atoms with van der Waals surface area (Å²) in [5, 5.41) is 7.67. The minimum Gasteiger partial charge on any atom is -0.351 e. The SMILES string of the molecule is Cc1nc(CC2CCNCC2)sc1C(=O)NCC1CCC(C)C1. The van der Waals surface area contributed by atoms with Crippen LogP contribution in [0, 0.1) is 24.7 Å². The average Bonchev–Trinajstić information content (AvgIpc) is 3.12. The van der Waals surface area contributed by atoms with E-state index in [1.165, 1.54) is 32.1 Å². The van der Waals surface area contributed by atoms with Crippen molar-refractivity contribution < 1.29 is 4.79 Å². The van der Waals surface area contributed by atoms with Crippen molar-refractivity contribution in [3.63, 3.8) is 0 Å². The van der Waals surface area contributed by atoms with Gasteiger partial charge in [0, 0.05) is 13.0 Å². The number of piperidine rings is 1. The smallest absolute Gasteiger partial charge is 0.263 e. The molecule has 0 aromatic carbocycles. The molecule has 2 fully saturated rings. The van der Waals surface area contributed by atoms with Crippen LogP contribution in [0.4, 0.5) is 0 Å². The molecule has 3 rings (SSSR count). The summed E-state index contributed by atoms with van der Waals surface area (Å²) in [7, 11) is 0. The van der Waals surface area contributed by atoms with Crippen LogP contribution >= 0.6 is 11.3 Å². The molecular weight excluding hydrogens is 306 g/mol. The van der Waals surface area contributed by atoms with Crippen molar-refractivity contribution in [2.24, 2.45) is 17.8 Å². The Hall–Kier alpha value is -0.940. The maximum Gasteiger partial charge on any atom is 0.263 e. The molecule has 2 aliphatic rings. The quantitative estimate of drug-likeness (QED) is 0.869. The molecule has 1 aliphatic heterocycles. The van der Waals surface area contributed by atoms with Gasteiger partial charge in [0.05, 0.1) is 10.7 Å². The van der Waals surface area contributed by atoms with Crippen LogP contribution < -0.4 is 10.6 Å². The lowest BCUT2D eigenvalue weighted by Gasteiger charge is -2.21. The van der Waals surface area contributed by atoms with E-state index < -0.39 is 0 Å². The Morgan fingerprint density at radius 2 is 2.04 bits per heavy atom. The van der Waals surface area contributed by atoms with Crippen molar-refractivity contribution in [3.05, 3.63) is 15.6 Å². The first-order valence-corrected chi connectivity index (χ1v) is 9.88. The predicted octanol–water partition coefficient (Wildman–Crippen LogP) is 3.16. The summed E-state index contributed by atoms with van der Waals surface area (Å²) in [6.45, 7) is 7.33. The molecule has 2 atom stereocenters. The number of carbonyl (C=O) groups excluding carboxylic acids is 1. The number of nitrogens with one attached hydrogen (secondary N) is 2. The van der Waals surface area contributed by atoms with Gasteiger partial charge in [0.15, 0.2) is 0 Å². The molecule has 4 nitrogen and oxygen atoms in total. The lowest BCUT2D eigenvalue weighted by molar-refractivity contribution is 0.0950. The molecule has 5 heteroatoms. The minimum atomic E-state index is 0.0797. The fraction of sp³-hybridized carbons (Fsp3) is 0.778. The van der Waals surface area contributed by atoms with Gasteiger partial charge >= 0.3 is 0 Å². The van der Waals surface area contributed by atoms with E-state index in [4.69, 9.17) is 0 Å². The van der Waals surface area contributed by atoms with Gasteiger partial charge < -0.3 is 10.6 Å². The van der Waals surface area contributed by atoms with Crippen LogP contribution in [-0.4, -0.2) is 30.5 Å². The van der Waals surface area contributed by atoms with Crippen LogP contribution in [0.5, 0.6) is 0 Å². The zero-order chi connectivity index (χ0) is 16.2. The molecule has 0 spiro atoms. The third-order valence-electron chi connectivity index (χ3n) is 5.32. The molecule has 0 bridgehead atoms. The number of hydrogen-bond acceptors (Lipinski definition) is 4. The van der Waals surface area contributed by atoms with Gasteiger partial charge in [0.25, 0.3) is 5.91 Å². The van der Waals surface area contributed by atoms with Crippen molar-refractivity contribution in [2.45, 2.75) is 52.4 Å². The maximum atomic E-state index is 12.5. The van der Waals surface area contributed by atoms with Crippen molar-refractivity contribution in [2.75, 3.05) is 19.6 Å². The number of amides is 1. The summed E-state index contributed by atoms with van der Waals surface area (Å²) in [4.78, 5) is 17.9. The Labute approximate surface area is 143 Å². The average molecular weight is 336 g/mol. The molecule has 1 saturated heterocycles. The highest BCUT2D eigenvalue weighted by Crippen LogP contribution is 2.30. The van der Waals surface area contributed by atoms with E-state index in [9.17, 15) is 4.79 Å². The summed E-state index contributed by atoms with van der Waals surface area (Å²) in [6.07, 6.45) is 7.29. The normalized spacial score (nSPS) is 25.7. The molecule has 0 radical (unpaired) electrons. The van der Waals surface area contributed by atoms with Crippen LogP contribution in [0.3, 0.4) is 0 Å². The molecule has 1 amide bonds. The van der Waals surface area contributed by atoms with E-state index in [-0.39, 0.29) is 5.91 Å². The van der Waals surface area contributed by atoms with Gasteiger partial charge in [-0.15, -0.1) is 11.3 Å². The molecular formula is C18H29N3OS. The van der Waals surface area contributed by atoms with Crippen LogP contribution in [0.2, 0.25) is 0 Å². The van der Waals surface area contributed by atoms with Crippen molar-refractivity contribution in [1.29, 1.82) is 0 Å². The lowest BCUT2D eigenvalue weighted by Crippen LogP contribution is -2.28. The molecule has 2 unspecified atom stereocenters. The van der Waals surface area contributed by atoms with Gasteiger partial charge in [-0.2, -0.15) is 0 Å². The van der Waals surface area contributed by atoms with Crippen LogP contribution in [0.1, 0.15) is 59.4 Å². The third-order valence-corrected chi connectivity index (χ3v) is 6.50. The van der Waals surface area contributed by atoms with Gasteiger partial charge in [-0.05, 0) is 63.5 Å². The summed E-state index contributed by atoms with van der Waals surface area (Å²) in [6, 6.07) is 0. The van der Waals surface area contributed by atoms with Gasteiger partial charge in [-0.1, -0.05) is 13.3 Å². The highest BCUT2D eigenvalue weighted by Gasteiger charge is 2.23. The number of hydrogen-bond donors (Lipinski definition) is 2. The summed E-state index contributed by atoms with van der Waals surface area (Å²) >= 11 is 1.60. The zero-order valence-corrected chi connectivity index (χ0v) is 15.2. The number of thiazole rings is 1. The number of carbonyl (C=O) groups is 1. The molecule has 128 valence electrons. The fourth-order valence-corrected chi connectivity index (χ4v) is 5.01. The van der Waals surface area contributed by atoms with Crippen molar-refractivity contribution in [3.8, 4) is 0 Å². The molecule has 1 aromatic rings. The Kier molecular flexibility index (Phi) is 5.70. The van der Waals surface area contributed by atoms with E-state index in [2.05, 4.69) is 22.5 Å². The highest BCUT2D eigenvalue weighted by molar-refractivity contribution is 7.13. The van der Waals surface area contributed by atoms with E-state index in [0.29, 0.717) is 5.92 Å². The van der Waals surface area contributed by atoms with Gasteiger partial charge in [0.2, 0.25) is 0 Å². The number of aromatic nitrogens is 1. The van der Waals surface area contributed by atoms with Crippen LogP contribution in [-0.2, 0) is 6.42 Å². The van der Waals surface area contributed by atoms with E-state index in [0.717, 1.165) is 53.5 Å². The second-order valence-electron chi connectivity index (χ2n) is 7.41. The lowest BCUT2D eigenvalue weighted by atomic mass is 9.95. The second kappa shape index (κ2) is 7.75. The van der Waals surface area contributed by atoms with Gasteiger partial charge in [0.1, 0.15) is 4.88 Å². The van der Waals surface area contributed by atoms with Gasteiger partial charge in [-0.3, -0.25) is 4.79 Å². The number of nitrogens with zero attached hydrogens (tertiary/aromatic N) is 1. The largest absolute Gasteiger partial charge is 0.351 e. The Balaban J connectivity index is 1.53. The highest BCUT2D eigenvalue weighted by atomic mass is 32.1. The van der Waals surface area contributed by atoms with E-state index in [1.807, 2.05) is 6.92 Å². The van der Waals surface area contributed by atoms with Crippen LogP contribution in [0.15, 0.2) is 0 Å². The topological polar surface area (TPSA) is 54.0 Å². The fourth-order valence-electron chi connectivity index (χ4n) is 3.91.